The third kappa shape index (κ3) is 4.76. The van der Waals surface area contributed by atoms with Crippen molar-refractivity contribution in [3.8, 4) is 0 Å². The highest BCUT2D eigenvalue weighted by molar-refractivity contribution is 5.87. The molecular weight excluding hydrogens is 571 g/mol. The van der Waals surface area contributed by atoms with Crippen molar-refractivity contribution < 1.29 is 31.5 Å². The Morgan fingerprint density at radius 2 is 1.81 bits per heavy atom. The number of carbonyl (C=O) groups excluding carboxylic acids is 1. The molecule has 1 saturated heterocycles. The van der Waals surface area contributed by atoms with Crippen molar-refractivity contribution in [1.29, 1.82) is 0 Å². The maximum atomic E-state index is 14.9. The lowest BCUT2D eigenvalue weighted by molar-refractivity contribution is -0.163. The zero-order valence-electron chi connectivity index (χ0n) is 23.3. The van der Waals surface area contributed by atoms with Crippen LogP contribution in [0.2, 0.25) is 0 Å². The highest BCUT2D eigenvalue weighted by Crippen LogP contribution is 2.59. The summed E-state index contributed by atoms with van der Waals surface area (Å²) in [6, 6.07) is 7.71. The van der Waals surface area contributed by atoms with E-state index in [1.165, 1.54) is 12.1 Å². The largest absolute Gasteiger partial charge is 0.438 e. The third-order valence-electron chi connectivity index (χ3n) is 9.82. The number of benzene rings is 1. The van der Waals surface area contributed by atoms with Gasteiger partial charge in [-0.25, -0.2) is 18.6 Å². The lowest BCUT2D eigenvalue weighted by Gasteiger charge is -2.44. The zero-order chi connectivity index (χ0) is 30.0. The molecule has 2 atom stereocenters. The number of nitrogens with one attached hydrogen (secondary N) is 1. The van der Waals surface area contributed by atoms with Crippen molar-refractivity contribution in [1.82, 2.24) is 24.6 Å². The molecule has 3 aromatic rings. The van der Waals surface area contributed by atoms with E-state index in [2.05, 4.69) is 25.4 Å². The van der Waals surface area contributed by atoms with Crippen LogP contribution in [0.15, 0.2) is 36.5 Å². The molecule has 0 bridgehead atoms. The minimum atomic E-state index is -4.48. The first-order valence-electron chi connectivity index (χ1n) is 14.7. The first-order chi connectivity index (χ1) is 20.6. The molecule has 7 rings (SSSR count). The van der Waals surface area contributed by atoms with E-state index >= 15 is 0 Å². The van der Waals surface area contributed by atoms with Gasteiger partial charge in [0.05, 0.1) is 0 Å². The Kier molecular flexibility index (Phi) is 6.71. The predicted octanol–water partition coefficient (Wildman–Crippen LogP) is 6.15. The number of anilines is 1. The van der Waals surface area contributed by atoms with Crippen molar-refractivity contribution in [2.75, 3.05) is 25.0 Å². The van der Waals surface area contributed by atoms with Gasteiger partial charge in [0.15, 0.2) is 11.6 Å². The van der Waals surface area contributed by atoms with Crippen LogP contribution >= 0.6 is 0 Å². The van der Waals surface area contributed by atoms with E-state index < -0.39 is 40.8 Å². The van der Waals surface area contributed by atoms with E-state index in [0.29, 0.717) is 63.4 Å². The highest BCUT2D eigenvalue weighted by Gasteiger charge is 2.67. The molecular formula is C30H31F5N6O2. The molecule has 3 aliphatic heterocycles. The maximum absolute atomic E-state index is 14.9. The van der Waals surface area contributed by atoms with Gasteiger partial charge < -0.3 is 14.2 Å². The second kappa shape index (κ2) is 10.2. The number of piperidine rings is 1. The van der Waals surface area contributed by atoms with Gasteiger partial charge in [0, 0.05) is 56.1 Å². The summed E-state index contributed by atoms with van der Waals surface area (Å²) in [4.78, 5) is 18.8. The van der Waals surface area contributed by atoms with Crippen LogP contribution in [0.3, 0.4) is 0 Å². The number of rotatable bonds is 5. The van der Waals surface area contributed by atoms with Crippen molar-refractivity contribution >= 4 is 11.9 Å². The highest BCUT2D eigenvalue weighted by atomic mass is 19.4. The number of alkyl halides is 3. The third-order valence-corrected chi connectivity index (χ3v) is 9.82. The predicted molar refractivity (Wildman–Crippen MR) is 144 cm³/mol. The molecule has 1 aliphatic carbocycles. The summed E-state index contributed by atoms with van der Waals surface area (Å²) in [6.07, 6.45) is -0.699. The van der Waals surface area contributed by atoms with Crippen molar-refractivity contribution in [3.05, 3.63) is 70.9 Å². The minimum absolute atomic E-state index is 0.0610. The molecule has 2 aromatic heterocycles. The Bertz CT molecular complexity index is 1550. The fraction of sp³-hybridized carbons (Fsp3) is 0.533. The molecule has 13 heteroatoms. The van der Waals surface area contributed by atoms with Crippen molar-refractivity contribution in [2.45, 2.75) is 80.5 Å². The number of likely N-dealkylation sites (tertiary alicyclic amines) is 1. The second-order valence-electron chi connectivity index (χ2n) is 12.2. The first-order valence-corrected chi connectivity index (χ1v) is 14.7. The topological polar surface area (TPSA) is 85.2 Å². The summed E-state index contributed by atoms with van der Waals surface area (Å²) in [7, 11) is 0. The monoisotopic (exact) mass is 602 g/mol. The molecule has 8 nitrogen and oxygen atoms in total. The average molecular weight is 603 g/mol. The molecule has 0 unspecified atom stereocenters. The van der Waals surface area contributed by atoms with E-state index in [1.807, 2.05) is 12.1 Å². The number of ether oxygens (including phenoxy) is 1. The second-order valence-corrected chi connectivity index (χ2v) is 12.2. The van der Waals surface area contributed by atoms with Gasteiger partial charge in [-0.3, -0.25) is 5.32 Å². The molecule has 5 heterocycles. The van der Waals surface area contributed by atoms with Crippen LogP contribution in [0.4, 0.5) is 32.6 Å². The molecule has 1 amide bonds. The standard InChI is InChI=1S/C30H31F5N6O2/c31-22-5-1-3-20(23(22)32)19-7-6-18(25-38-39-26(41(25)17-19)28(9-10-28)30(33,34)35)8-14-40-15-11-29(12-16-40)21-4-2-13-36-24(21)37-27(42)43-29/h1-5,13,18-19H,6-12,14-17H2,(H,36,37,42)/t18-,19+/m1/s1. The Labute approximate surface area is 244 Å². The molecule has 1 saturated carbocycles. The lowest BCUT2D eigenvalue weighted by atomic mass is 9.83. The van der Waals surface area contributed by atoms with Crippen LogP contribution < -0.4 is 5.32 Å². The molecule has 1 spiro atoms. The van der Waals surface area contributed by atoms with E-state index in [9.17, 15) is 26.7 Å². The number of halogens is 5. The lowest BCUT2D eigenvalue weighted by Crippen LogP contribution is -2.48. The van der Waals surface area contributed by atoms with Crippen LogP contribution in [0.5, 0.6) is 0 Å². The van der Waals surface area contributed by atoms with Crippen LogP contribution in [0.1, 0.15) is 79.6 Å². The van der Waals surface area contributed by atoms with E-state index in [0.717, 1.165) is 11.6 Å². The van der Waals surface area contributed by atoms with Gasteiger partial charge in [-0.15, -0.1) is 10.2 Å². The van der Waals surface area contributed by atoms with Crippen LogP contribution in [0, 0.1) is 11.6 Å². The Morgan fingerprint density at radius 3 is 2.56 bits per heavy atom. The van der Waals surface area contributed by atoms with Crippen molar-refractivity contribution in [2.24, 2.45) is 0 Å². The summed E-state index contributed by atoms with van der Waals surface area (Å²) >= 11 is 0. The Balaban J connectivity index is 1.11. The number of pyridine rings is 1. The fourth-order valence-electron chi connectivity index (χ4n) is 7.19. The molecule has 2 fully saturated rings. The van der Waals surface area contributed by atoms with Gasteiger partial charge in [0.1, 0.15) is 28.5 Å². The zero-order valence-corrected chi connectivity index (χ0v) is 23.3. The molecule has 228 valence electrons. The van der Waals surface area contributed by atoms with Gasteiger partial charge in [-0.1, -0.05) is 12.1 Å². The number of fused-ring (bicyclic) bond motifs is 3. The van der Waals surface area contributed by atoms with Gasteiger partial charge >= 0.3 is 12.3 Å². The van der Waals surface area contributed by atoms with E-state index in [1.54, 1.807) is 10.8 Å². The summed E-state index contributed by atoms with van der Waals surface area (Å²) in [6.45, 7) is 2.02. The number of hydrogen-bond donors (Lipinski definition) is 1. The normalized spacial score (nSPS) is 24.4. The summed E-state index contributed by atoms with van der Waals surface area (Å²) in [5.74, 6) is -1.79. The number of amides is 1. The summed E-state index contributed by atoms with van der Waals surface area (Å²) in [5.41, 5.74) is -1.78. The molecule has 43 heavy (non-hydrogen) atoms. The molecule has 1 aromatic carbocycles. The summed E-state index contributed by atoms with van der Waals surface area (Å²) in [5, 5.41) is 11.1. The minimum Gasteiger partial charge on any atom is -0.438 e. The van der Waals surface area contributed by atoms with Gasteiger partial charge in [0.25, 0.3) is 0 Å². The van der Waals surface area contributed by atoms with Crippen molar-refractivity contribution in [3.63, 3.8) is 0 Å². The van der Waals surface area contributed by atoms with Crippen LogP contribution in [0.25, 0.3) is 0 Å². The molecule has 4 aliphatic rings. The van der Waals surface area contributed by atoms with Crippen LogP contribution in [-0.4, -0.2) is 56.6 Å². The quantitative estimate of drug-likeness (QED) is 0.353. The Morgan fingerprint density at radius 1 is 1.02 bits per heavy atom. The fourth-order valence-corrected chi connectivity index (χ4v) is 7.19. The number of hydrogen-bond acceptors (Lipinski definition) is 6. The number of carbonyl (C=O) groups is 1. The summed E-state index contributed by atoms with van der Waals surface area (Å²) < 4.78 is 78.9. The maximum Gasteiger partial charge on any atom is 0.413 e. The van der Waals surface area contributed by atoms with Crippen LogP contribution in [-0.2, 0) is 22.3 Å². The van der Waals surface area contributed by atoms with Gasteiger partial charge in [-0.2, -0.15) is 13.2 Å². The first kappa shape index (κ1) is 28.2. The SMILES string of the molecule is O=C1Nc2ncccc2C2(CCN(CC[C@H]3CC[C@H](c4cccc(F)c4F)Cn4c3nnc4C3(C(F)(F)F)CC3)CC2)O1. The van der Waals surface area contributed by atoms with E-state index in [-0.39, 0.29) is 36.7 Å². The van der Waals surface area contributed by atoms with Gasteiger partial charge in [-0.05, 0) is 62.4 Å². The van der Waals surface area contributed by atoms with Gasteiger partial charge in [0.2, 0.25) is 0 Å². The van der Waals surface area contributed by atoms with E-state index in [4.69, 9.17) is 4.74 Å². The molecule has 1 N–H and O–H groups in total. The Hall–Kier alpha value is -3.61. The smallest absolute Gasteiger partial charge is 0.413 e. The average Bonchev–Trinajstić information content (AvgIpc) is 3.73. The molecule has 0 radical (unpaired) electrons. The number of aromatic nitrogens is 4. The number of nitrogens with zero attached hydrogens (tertiary/aromatic N) is 5.